The predicted octanol–water partition coefficient (Wildman–Crippen LogP) is 2.08. The van der Waals surface area contributed by atoms with Gasteiger partial charge in [0.05, 0.1) is 26.4 Å². The molecular weight excluding hydrogens is 360 g/mol. The van der Waals surface area contributed by atoms with Crippen molar-refractivity contribution in [2.75, 3.05) is 7.11 Å². The number of hydrogen-bond acceptors (Lipinski definition) is 6. The Labute approximate surface area is 161 Å². The zero-order chi connectivity index (χ0) is 19.9. The largest absolute Gasteiger partial charge is 0.504 e. The van der Waals surface area contributed by atoms with Gasteiger partial charge in [-0.15, -0.1) is 5.10 Å². The molecule has 0 bridgehead atoms. The fourth-order valence-electron chi connectivity index (χ4n) is 2.56. The molecule has 2 aromatic carbocycles. The fourth-order valence-corrected chi connectivity index (χ4v) is 2.56. The number of carbonyl (C=O) groups is 1. The number of rotatable bonds is 7. The van der Waals surface area contributed by atoms with Crippen LogP contribution in [0.2, 0.25) is 0 Å². The van der Waals surface area contributed by atoms with Crippen LogP contribution in [0, 0.1) is 0 Å². The van der Waals surface area contributed by atoms with Gasteiger partial charge in [-0.05, 0) is 29.8 Å². The molecule has 3 N–H and O–H groups in total. The number of nitrogens with one attached hydrogen (secondary N) is 1. The van der Waals surface area contributed by atoms with Crippen LogP contribution in [0.4, 0.5) is 0 Å². The highest BCUT2D eigenvalue weighted by atomic mass is 16.5. The maximum atomic E-state index is 11.9. The zero-order valence-electron chi connectivity index (χ0n) is 15.2. The third-order valence-electron chi connectivity index (χ3n) is 3.98. The molecular formula is C20H20N4O4. The van der Waals surface area contributed by atoms with E-state index < -0.39 is 0 Å². The van der Waals surface area contributed by atoms with Crippen molar-refractivity contribution in [1.29, 1.82) is 0 Å². The van der Waals surface area contributed by atoms with Crippen molar-refractivity contribution in [1.82, 2.24) is 20.3 Å². The minimum atomic E-state index is -0.313. The average molecular weight is 380 g/mol. The highest BCUT2D eigenvalue weighted by Gasteiger charge is 2.06. The molecule has 0 saturated heterocycles. The van der Waals surface area contributed by atoms with E-state index in [9.17, 15) is 15.0 Å². The second-order valence-electron chi connectivity index (χ2n) is 6.02. The summed E-state index contributed by atoms with van der Waals surface area (Å²) < 4.78 is 7.00. The molecule has 3 aromatic rings. The Morgan fingerprint density at radius 3 is 2.82 bits per heavy atom. The Hall–Kier alpha value is -3.81. The van der Waals surface area contributed by atoms with Crippen molar-refractivity contribution in [3.8, 4) is 17.2 Å². The van der Waals surface area contributed by atoms with Crippen LogP contribution in [0.15, 0.2) is 54.7 Å². The van der Waals surface area contributed by atoms with Crippen LogP contribution >= 0.6 is 0 Å². The molecule has 0 radical (unpaired) electrons. The molecule has 0 aliphatic carbocycles. The van der Waals surface area contributed by atoms with Gasteiger partial charge in [-0.1, -0.05) is 29.5 Å². The van der Waals surface area contributed by atoms with Crippen molar-refractivity contribution < 1.29 is 19.7 Å². The van der Waals surface area contributed by atoms with Gasteiger partial charge in [-0.2, -0.15) is 0 Å². The fraction of sp³-hybridized carbons (Fsp3) is 0.150. The van der Waals surface area contributed by atoms with Crippen molar-refractivity contribution in [3.63, 3.8) is 0 Å². The summed E-state index contributed by atoms with van der Waals surface area (Å²) in [6.07, 6.45) is 4.63. The molecule has 1 aromatic heterocycles. The first kappa shape index (κ1) is 19.0. The number of ether oxygens (including phenoxy) is 1. The van der Waals surface area contributed by atoms with Gasteiger partial charge >= 0.3 is 0 Å². The molecule has 1 amide bonds. The van der Waals surface area contributed by atoms with E-state index in [2.05, 4.69) is 15.6 Å². The number of amides is 1. The highest BCUT2D eigenvalue weighted by Crippen LogP contribution is 2.25. The summed E-state index contributed by atoms with van der Waals surface area (Å²) in [7, 11) is 1.62. The van der Waals surface area contributed by atoms with Crippen LogP contribution in [0.1, 0.15) is 16.8 Å². The Kier molecular flexibility index (Phi) is 5.91. The molecule has 0 aliphatic heterocycles. The number of aromatic nitrogens is 3. The minimum Gasteiger partial charge on any atom is -0.504 e. The van der Waals surface area contributed by atoms with Gasteiger partial charge in [0.1, 0.15) is 11.4 Å². The first-order chi connectivity index (χ1) is 13.5. The van der Waals surface area contributed by atoms with Crippen LogP contribution in [0.25, 0.3) is 6.08 Å². The van der Waals surface area contributed by atoms with E-state index in [1.54, 1.807) is 24.1 Å². The summed E-state index contributed by atoms with van der Waals surface area (Å²) in [5.74, 6) is 0.0112. The molecule has 0 aliphatic rings. The third kappa shape index (κ3) is 4.88. The van der Waals surface area contributed by atoms with E-state index in [4.69, 9.17) is 4.74 Å². The monoisotopic (exact) mass is 380 g/mol. The standard InChI is InChI=1S/C20H20N4O4/c1-28-19-5-3-2-4-15(19)12-24-13-16(22-23-24)11-21-20(27)9-7-14-6-8-17(25)18(26)10-14/h2-10,13,25-26H,11-12H2,1H3,(H,21,27)/b9-7+. The van der Waals surface area contributed by atoms with Gasteiger partial charge in [0, 0.05) is 11.6 Å². The summed E-state index contributed by atoms with van der Waals surface area (Å²) in [6, 6.07) is 12.0. The summed E-state index contributed by atoms with van der Waals surface area (Å²) in [5.41, 5.74) is 2.19. The highest BCUT2D eigenvalue weighted by molar-refractivity contribution is 5.91. The van der Waals surface area contributed by atoms with Gasteiger partial charge < -0.3 is 20.3 Å². The van der Waals surface area contributed by atoms with Gasteiger partial charge in [0.15, 0.2) is 11.5 Å². The Bertz CT molecular complexity index is 997. The lowest BCUT2D eigenvalue weighted by molar-refractivity contribution is -0.116. The first-order valence-corrected chi connectivity index (χ1v) is 8.54. The zero-order valence-corrected chi connectivity index (χ0v) is 15.2. The van der Waals surface area contributed by atoms with Gasteiger partial charge in [0.25, 0.3) is 0 Å². The average Bonchev–Trinajstić information content (AvgIpc) is 3.15. The van der Waals surface area contributed by atoms with Crippen LogP contribution < -0.4 is 10.1 Å². The number of hydrogen-bond donors (Lipinski definition) is 3. The Balaban J connectivity index is 1.54. The van der Waals surface area contributed by atoms with Crippen molar-refractivity contribution in [3.05, 3.63) is 71.6 Å². The number of para-hydroxylation sites is 1. The van der Waals surface area contributed by atoms with Crippen LogP contribution in [0.3, 0.4) is 0 Å². The second kappa shape index (κ2) is 8.72. The molecule has 0 fully saturated rings. The van der Waals surface area contributed by atoms with E-state index in [1.165, 1.54) is 24.3 Å². The van der Waals surface area contributed by atoms with Gasteiger partial charge in [-0.25, -0.2) is 4.68 Å². The lowest BCUT2D eigenvalue weighted by Crippen LogP contribution is -2.20. The maximum absolute atomic E-state index is 11.9. The normalized spacial score (nSPS) is 10.9. The summed E-state index contributed by atoms with van der Waals surface area (Å²) in [5, 5.41) is 29.6. The molecule has 0 spiro atoms. The molecule has 28 heavy (non-hydrogen) atoms. The van der Waals surface area contributed by atoms with E-state index in [1.807, 2.05) is 24.3 Å². The first-order valence-electron chi connectivity index (χ1n) is 8.54. The van der Waals surface area contributed by atoms with Gasteiger partial charge in [-0.3, -0.25) is 4.79 Å². The molecule has 0 saturated carbocycles. The summed E-state index contributed by atoms with van der Waals surface area (Å²) in [6.45, 7) is 0.741. The predicted molar refractivity (Wildman–Crippen MR) is 103 cm³/mol. The number of aromatic hydroxyl groups is 2. The molecule has 8 heteroatoms. The lowest BCUT2D eigenvalue weighted by Gasteiger charge is -2.07. The third-order valence-corrected chi connectivity index (χ3v) is 3.98. The van der Waals surface area contributed by atoms with Gasteiger partial charge in [0.2, 0.25) is 5.91 Å². The number of nitrogens with zero attached hydrogens (tertiary/aromatic N) is 3. The van der Waals surface area contributed by atoms with E-state index >= 15 is 0 Å². The van der Waals surface area contributed by atoms with Crippen LogP contribution in [0.5, 0.6) is 17.2 Å². The Morgan fingerprint density at radius 2 is 2.04 bits per heavy atom. The molecule has 0 unspecified atom stereocenters. The SMILES string of the molecule is COc1ccccc1Cn1cc(CNC(=O)/C=C/c2ccc(O)c(O)c2)nn1. The smallest absolute Gasteiger partial charge is 0.244 e. The quantitative estimate of drug-likeness (QED) is 0.428. The number of benzene rings is 2. The number of phenolic OH excluding ortho intramolecular Hbond substituents is 2. The second-order valence-corrected chi connectivity index (χ2v) is 6.02. The molecule has 144 valence electrons. The lowest BCUT2D eigenvalue weighted by atomic mass is 10.2. The van der Waals surface area contributed by atoms with Crippen molar-refractivity contribution in [2.45, 2.75) is 13.1 Å². The number of methoxy groups -OCH3 is 1. The summed E-state index contributed by atoms with van der Waals surface area (Å²) >= 11 is 0. The molecule has 8 nitrogen and oxygen atoms in total. The Morgan fingerprint density at radius 1 is 1.21 bits per heavy atom. The maximum Gasteiger partial charge on any atom is 0.244 e. The van der Waals surface area contributed by atoms with E-state index in [-0.39, 0.29) is 24.0 Å². The molecule has 0 atom stereocenters. The van der Waals surface area contributed by atoms with Crippen LogP contribution in [-0.2, 0) is 17.9 Å². The minimum absolute atomic E-state index is 0.210. The number of carbonyl (C=O) groups excluding carboxylic acids is 1. The molecule has 3 rings (SSSR count). The van der Waals surface area contributed by atoms with Crippen molar-refractivity contribution >= 4 is 12.0 Å². The molecule has 1 heterocycles. The van der Waals surface area contributed by atoms with E-state index in [0.717, 1.165) is 11.3 Å². The topological polar surface area (TPSA) is 110 Å². The van der Waals surface area contributed by atoms with E-state index in [0.29, 0.717) is 17.8 Å². The summed E-state index contributed by atoms with van der Waals surface area (Å²) in [4.78, 5) is 11.9. The van der Waals surface area contributed by atoms with Crippen molar-refractivity contribution in [2.24, 2.45) is 0 Å². The van der Waals surface area contributed by atoms with Crippen LogP contribution in [-0.4, -0.2) is 38.2 Å². The number of phenols is 2.